The summed E-state index contributed by atoms with van der Waals surface area (Å²) in [7, 11) is 4.00. The van der Waals surface area contributed by atoms with Crippen molar-refractivity contribution in [1.29, 1.82) is 0 Å². The lowest BCUT2D eigenvalue weighted by molar-refractivity contribution is 0.602. The van der Waals surface area contributed by atoms with E-state index in [4.69, 9.17) is 5.73 Å². The Morgan fingerprint density at radius 2 is 2.24 bits per heavy atom. The predicted molar refractivity (Wildman–Crippen MR) is 70.5 cm³/mol. The first kappa shape index (κ1) is 12.1. The van der Waals surface area contributed by atoms with Crippen molar-refractivity contribution in [3.05, 3.63) is 11.9 Å². The normalized spacial score (nSPS) is 19.8. The van der Waals surface area contributed by atoms with E-state index < -0.39 is 0 Å². The molecule has 2 heterocycles. The molecule has 1 aliphatic heterocycles. The first-order valence-electron chi connectivity index (χ1n) is 6.08. The van der Waals surface area contributed by atoms with Crippen molar-refractivity contribution in [2.75, 3.05) is 43.5 Å². The van der Waals surface area contributed by atoms with Gasteiger partial charge in [-0.25, -0.2) is 9.97 Å². The monoisotopic (exact) mass is 235 g/mol. The molecule has 5 heteroatoms. The lowest BCUT2D eigenvalue weighted by Gasteiger charge is -2.20. The maximum absolute atomic E-state index is 5.71. The van der Waals surface area contributed by atoms with Crippen molar-refractivity contribution in [2.24, 2.45) is 11.7 Å². The molecule has 2 rings (SSSR count). The van der Waals surface area contributed by atoms with Crippen LogP contribution in [0.25, 0.3) is 0 Å². The van der Waals surface area contributed by atoms with Crippen LogP contribution >= 0.6 is 0 Å². The van der Waals surface area contributed by atoms with Gasteiger partial charge in [-0.15, -0.1) is 0 Å². The third kappa shape index (κ3) is 2.66. The first-order chi connectivity index (χ1) is 8.10. The number of aryl methyl sites for hydroxylation is 1. The Balaban J connectivity index is 2.21. The molecule has 17 heavy (non-hydrogen) atoms. The van der Waals surface area contributed by atoms with Gasteiger partial charge in [0.1, 0.15) is 17.5 Å². The number of rotatable bonds is 3. The Kier molecular flexibility index (Phi) is 3.47. The summed E-state index contributed by atoms with van der Waals surface area (Å²) in [6, 6.07) is 2.05. The zero-order chi connectivity index (χ0) is 12.4. The van der Waals surface area contributed by atoms with Gasteiger partial charge in [-0.05, 0) is 25.8 Å². The van der Waals surface area contributed by atoms with Crippen LogP contribution in [0.15, 0.2) is 6.07 Å². The molecule has 0 bridgehead atoms. The number of aromatic nitrogens is 2. The van der Waals surface area contributed by atoms with Crippen molar-refractivity contribution in [3.8, 4) is 0 Å². The second kappa shape index (κ2) is 4.87. The zero-order valence-electron chi connectivity index (χ0n) is 10.8. The summed E-state index contributed by atoms with van der Waals surface area (Å²) in [5.74, 6) is 3.41. The van der Waals surface area contributed by atoms with Gasteiger partial charge < -0.3 is 15.5 Å². The molecule has 0 aromatic carbocycles. The molecular formula is C12H21N5. The van der Waals surface area contributed by atoms with E-state index in [1.165, 1.54) is 0 Å². The van der Waals surface area contributed by atoms with Gasteiger partial charge in [-0.3, -0.25) is 0 Å². The number of anilines is 2. The van der Waals surface area contributed by atoms with E-state index in [2.05, 4.69) is 14.9 Å². The third-order valence-corrected chi connectivity index (χ3v) is 3.21. The fourth-order valence-corrected chi connectivity index (χ4v) is 2.16. The van der Waals surface area contributed by atoms with Crippen molar-refractivity contribution in [2.45, 2.75) is 13.3 Å². The Morgan fingerprint density at radius 3 is 2.82 bits per heavy atom. The molecule has 1 atom stereocenters. The maximum atomic E-state index is 5.71. The summed E-state index contributed by atoms with van der Waals surface area (Å²) in [6.07, 6.45) is 1.16. The third-order valence-electron chi connectivity index (χ3n) is 3.21. The SMILES string of the molecule is Cc1nc(N(C)C)cc(N2CCC(CN)C2)n1. The smallest absolute Gasteiger partial charge is 0.134 e. The summed E-state index contributed by atoms with van der Waals surface area (Å²) in [4.78, 5) is 13.2. The molecule has 1 aliphatic rings. The second-order valence-electron chi connectivity index (χ2n) is 4.86. The van der Waals surface area contributed by atoms with E-state index in [-0.39, 0.29) is 0 Å². The molecule has 1 unspecified atom stereocenters. The van der Waals surface area contributed by atoms with Crippen LogP contribution < -0.4 is 15.5 Å². The molecule has 94 valence electrons. The Bertz CT molecular complexity index is 390. The number of hydrogen-bond acceptors (Lipinski definition) is 5. The number of nitrogens with zero attached hydrogens (tertiary/aromatic N) is 4. The van der Waals surface area contributed by atoms with E-state index in [1.54, 1.807) is 0 Å². The molecule has 0 aliphatic carbocycles. The topological polar surface area (TPSA) is 58.3 Å². The van der Waals surface area contributed by atoms with Crippen molar-refractivity contribution in [3.63, 3.8) is 0 Å². The number of hydrogen-bond donors (Lipinski definition) is 1. The van der Waals surface area contributed by atoms with E-state index in [0.29, 0.717) is 5.92 Å². The average molecular weight is 235 g/mol. The van der Waals surface area contributed by atoms with Crippen LogP contribution in [0.5, 0.6) is 0 Å². The molecule has 1 aromatic rings. The highest BCUT2D eigenvalue weighted by molar-refractivity contribution is 5.50. The van der Waals surface area contributed by atoms with Crippen LogP contribution in [0, 0.1) is 12.8 Å². The fourth-order valence-electron chi connectivity index (χ4n) is 2.16. The lowest BCUT2D eigenvalue weighted by Crippen LogP contribution is -2.24. The van der Waals surface area contributed by atoms with Crippen LogP contribution in [-0.2, 0) is 0 Å². The van der Waals surface area contributed by atoms with Gasteiger partial charge in [-0.2, -0.15) is 0 Å². The first-order valence-corrected chi connectivity index (χ1v) is 6.08. The Labute approximate surface area is 103 Å². The fraction of sp³-hybridized carbons (Fsp3) is 0.667. The van der Waals surface area contributed by atoms with Gasteiger partial charge in [0.2, 0.25) is 0 Å². The van der Waals surface area contributed by atoms with E-state index in [1.807, 2.05) is 32.0 Å². The van der Waals surface area contributed by atoms with Crippen molar-refractivity contribution < 1.29 is 0 Å². The van der Waals surface area contributed by atoms with E-state index >= 15 is 0 Å². The van der Waals surface area contributed by atoms with Crippen LogP contribution in [0.3, 0.4) is 0 Å². The quantitative estimate of drug-likeness (QED) is 0.833. The van der Waals surface area contributed by atoms with Gasteiger partial charge in [0.25, 0.3) is 0 Å². The molecule has 1 saturated heterocycles. The number of nitrogens with two attached hydrogens (primary N) is 1. The van der Waals surface area contributed by atoms with Gasteiger partial charge in [0.15, 0.2) is 0 Å². The molecule has 0 amide bonds. The largest absolute Gasteiger partial charge is 0.363 e. The van der Waals surface area contributed by atoms with Crippen molar-refractivity contribution in [1.82, 2.24) is 9.97 Å². The zero-order valence-corrected chi connectivity index (χ0v) is 10.8. The minimum absolute atomic E-state index is 0.605. The van der Waals surface area contributed by atoms with Crippen molar-refractivity contribution >= 4 is 11.6 Å². The molecule has 0 saturated carbocycles. The van der Waals surface area contributed by atoms with Gasteiger partial charge >= 0.3 is 0 Å². The predicted octanol–water partition coefficient (Wildman–Crippen LogP) is 0.636. The minimum Gasteiger partial charge on any atom is -0.363 e. The molecule has 1 aromatic heterocycles. The summed E-state index contributed by atoms with van der Waals surface area (Å²) in [5.41, 5.74) is 5.71. The van der Waals surface area contributed by atoms with Gasteiger partial charge in [0, 0.05) is 33.3 Å². The molecule has 0 radical (unpaired) electrons. The van der Waals surface area contributed by atoms with E-state index in [0.717, 1.165) is 43.5 Å². The second-order valence-corrected chi connectivity index (χ2v) is 4.86. The standard InChI is InChI=1S/C12H21N5/c1-9-14-11(16(2)3)6-12(15-9)17-5-4-10(7-13)8-17/h6,10H,4-5,7-8,13H2,1-3H3. The lowest BCUT2D eigenvalue weighted by atomic mass is 10.1. The summed E-state index contributed by atoms with van der Waals surface area (Å²) in [6.45, 7) is 4.76. The molecule has 1 fully saturated rings. The van der Waals surface area contributed by atoms with Crippen LogP contribution in [0.2, 0.25) is 0 Å². The van der Waals surface area contributed by atoms with E-state index in [9.17, 15) is 0 Å². The summed E-state index contributed by atoms with van der Waals surface area (Å²) in [5, 5.41) is 0. The van der Waals surface area contributed by atoms with Crippen LogP contribution in [0.1, 0.15) is 12.2 Å². The van der Waals surface area contributed by atoms with Gasteiger partial charge in [0.05, 0.1) is 0 Å². The van der Waals surface area contributed by atoms with Crippen LogP contribution in [0.4, 0.5) is 11.6 Å². The Morgan fingerprint density at radius 1 is 1.47 bits per heavy atom. The molecule has 5 nitrogen and oxygen atoms in total. The molecular weight excluding hydrogens is 214 g/mol. The maximum Gasteiger partial charge on any atom is 0.134 e. The average Bonchev–Trinajstić information content (AvgIpc) is 2.76. The highest BCUT2D eigenvalue weighted by Crippen LogP contribution is 2.24. The Hall–Kier alpha value is -1.36. The molecule has 0 spiro atoms. The summed E-state index contributed by atoms with van der Waals surface area (Å²) < 4.78 is 0. The molecule has 2 N–H and O–H groups in total. The highest BCUT2D eigenvalue weighted by Gasteiger charge is 2.23. The summed E-state index contributed by atoms with van der Waals surface area (Å²) >= 11 is 0. The van der Waals surface area contributed by atoms with Gasteiger partial charge in [-0.1, -0.05) is 0 Å². The minimum atomic E-state index is 0.605. The van der Waals surface area contributed by atoms with Crippen LogP contribution in [-0.4, -0.2) is 43.7 Å². The highest BCUT2D eigenvalue weighted by atomic mass is 15.2.